The Kier molecular flexibility index (Phi) is 25.5. The van der Waals surface area contributed by atoms with Crippen molar-refractivity contribution >= 4 is 5.69 Å². The van der Waals surface area contributed by atoms with Crippen LogP contribution in [0.4, 0.5) is 5.69 Å². The standard InChI is InChI=1S/C44H75NO/c1-3-5-7-9-11-13-15-16-17-18-19-20-21-22-23-25-27-29-31-41-39-42(45)34-37-44(41)40-32-35-43(36-33-40)46-38-30-28-26-24-14-12-10-8-6-4-2/h32-37,39H,3-31,38,45H2,1-2H3. The van der Waals surface area contributed by atoms with Crippen molar-refractivity contribution in [1.82, 2.24) is 0 Å². The first kappa shape index (κ1) is 40.2. The van der Waals surface area contributed by atoms with Gasteiger partial charge in [0.25, 0.3) is 0 Å². The predicted molar refractivity (Wildman–Crippen MR) is 206 cm³/mol. The third-order valence-electron chi connectivity index (χ3n) is 9.86. The van der Waals surface area contributed by atoms with Crippen molar-refractivity contribution in [3.05, 3.63) is 48.0 Å². The van der Waals surface area contributed by atoms with E-state index in [1.54, 1.807) is 0 Å². The first-order chi connectivity index (χ1) is 22.7. The first-order valence-electron chi connectivity index (χ1n) is 20.4. The second kappa shape index (κ2) is 29.2. The smallest absolute Gasteiger partial charge is 0.119 e. The molecular formula is C44H75NO. The zero-order chi connectivity index (χ0) is 32.8. The molecule has 0 saturated heterocycles. The average Bonchev–Trinajstić information content (AvgIpc) is 3.07. The summed E-state index contributed by atoms with van der Waals surface area (Å²) in [5, 5.41) is 0. The van der Waals surface area contributed by atoms with Crippen molar-refractivity contribution in [2.75, 3.05) is 12.3 Å². The van der Waals surface area contributed by atoms with Crippen LogP contribution in [0.1, 0.15) is 199 Å². The monoisotopic (exact) mass is 634 g/mol. The van der Waals surface area contributed by atoms with Crippen LogP contribution in [-0.2, 0) is 6.42 Å². The first-order valence-corrected chi connectivity index (χ1v) is 20.4. The largest absolute Gasteiger partial charge is 0.494 e. The van der Waals surface area contributed by atoms with Crippen LogP contribution in [0.5, 0.6) is 5.75 Å². The predicted octanol–water partition coefficient (Wildman–Crippen LogP) is 14.8. The summed E-state index contributed by atoms with van der Waals surface area (Å²) in [4.78, 5) is 0. The van der Waals surface area contributed by atoms with E-state index in [2.05, 4.69) is 50.2 Å². The number of benzene rings is 2. The molecular weight excluding hydrogens is 558 g/mol. The Labute approximate surface area is 287 Å². The fourth-order valence-electron chi connectivity index (χ4n) is 6.83. The van der Waals surface area contributed by atoms with E-state index in [-0.39, 0.29) is 0 Å². The maximum Gasteiger partial charge on any atom is 0.119 e. The minimum Gasteiger partial charge on any atom is -0.494 e. The van der Waals surface area contributed by atoms with E-state index in [0.29, 0.717) is 0 Å². The van der Waals surface area contributed by atoms with Gasteiger partial charge in [0.15, 0.2) is 0 Å². The number of aryl methyl sites for hydroxylation is 1. The van der Waals surface area contributed by atoms with E-state index in [1.165, 1.54) is 190 Å². The third kappa shape index (κ3) is 21.0. The molecule has 2 heteroatoms. The molecule has 0 aliphatic heterocycles. The van der Waals surface area contributed by atoms with Gasteiger partial charge in [0.1, 0.15) is 5.75 Å². The molecule has 2 rings (SSSR count). The fourth-order valence-corrected chi connectivity index (χ4v) is 6.83. The second-order valence-electron chi connectivity index (χ2n) is 14.2. The number of anilines is 1. The highest BCUT2D eigenvalue weighted by Gasteiger charge is 2.07. The maximum atomic E-state index is 6.21. The highest BCUT2D eigenvalue weighted by Crippen LogP contribution is 2.29. The van der Waals surface area contributed by atoms with Gasteiger partial charge in [-0.1, -0.05) is 199 Å². The number of unbranched alkanes of at least 4 members (excludes halogenated alkanes) is 26. The maximum absolute atomic E-state index is 6.21. The summed E-state index contributed by atoms with van der Waals surface area (Å²) in [5.41, 5.74) is 11.1. The molecule has 0 aliphatic carbocycles. The number of nitrogens with two attached hydrogens (primary N) is 1. The van der Waals surface area contributed by atoms with E-state index in [1.807, 2.05) is 6.07 Å². The molecule has 0 radical (unpaired) electrons. The molecule has 2 N–H and O–H groups in total. The molecule has 262 valence electrons. The van der Waals surface area contributed by atoms with E-state index in [9.17, 15) is 0 Å². The molecule has 0 aromatic heterocycles. The van der Waals surface area contributed by atoms with Gasteiger partial charge in [0.05, 0.1) is 6.61 Å². The Bertz CT molecular complexity index is 935. The van der Waals surface area contributed by atoms with E-state index in [4.69, 9.17) is 10.5 Å². The average molecular weight is 634 g/mol. The molecule has 0 spiro atoms. The molecule has 2 aromatic carbocycles. The minimum absolute atomic E-state index is 0.822. The summed E-state index contributed by atoms with van der Waals surface area (Å²) in [6.45, 7) is 5.41. The lowest BCUT2D eigenvalue weighted by atomic mass is 9.95. The Hall–Kier alpha value is -1.96. The molecule has 0 atom stereocenters. The highest BCUT2D eigenvalue weighted by atomic mass is 16.5. The van der Waals surface area contributed by atoms with Crippen LogP contribution in [0.15, 0.2) is 42.5 Å². The van der Waals surface area contributed by atoms with Gasteiger partial charge in [0, 0.05) is 5.69 Å². The van der Waals surface area contributed by atoms with Crippen molar-refractivity contribution in [2.45, 2.75) is 200 Å². The van der Waals surface area contributed by atoms with E-state index < -0.39 is 0 Å². The number of hydrogen-bond donors (Lipinski definition) is 1. The van der Waals surface area contributed by atoms with Gasteiger partial charge in [-0.15, -0.1) is 0 Å². The quantitative estimate of drug-likeness (QED) is 0.0642. The highest BCUT2D eigenvalue weighted by molar-refractivity contribution is 5.70. The third-order valence-corrected chi connectivity index (χ3v) is 9.86. The Balaban J connectivity index is 1.51. The second-order valence-corrected chi connectivity index (χ2v) is 14.2. The zero-order valence-corrected chi connectivity index (χ0v) is 30.7. The normalized spacial score (nSPS) is 11.3. The van der Waals surface area contributed by atoms with E-state index in [0.717, 1.165) is 30.9 Å². The van der Waals surface area contributed by atoms with Crippen molar-refractivity contribution < 1.29 is 4.74 Å². The summed E-state index contributed by atoms with van der Waals surface area (Å²) in [6, 6.07) is 15.2. The summed E-state index contributed by atoms with van der Waals surface area (Å²) >= 11 is 0. The van der Waals surface area contributed by atoms with E-state index >= 15 is 0 Å². The lowest BCUT2D eigenvalue weighted by Gasteiger charge is -2.12. The lowest BCUT2D eigenvalue weighted by molar-refractivity contribution is 0.304. The number of rotatable bonds is 32. The van der Waals surface area contributed by atoms with Gasteiger partial charge in [0.2, 0.25) is 0 Å². The molecule has 0 amide bonds. The topological polar surface area (TPSA) is 35.2 Å². The lowest BCUT2D eigenvalue weighted by Crippen LogP contribution is -1.98. The zero-order valence-electron chi connectivity index (χ0n) is 30.7. The van der Waals surface area contributed by atoms with Gasteiger partial charge in [-0.05, 0) is 60.2 Å². The SMILES string of the molecule is CCCCCCCCCCCCCCCCCCCCc1cc(N)ccc1-c1ccc(OCCCCCCCCCCCC)cc1. The molecule has 2 aromatic rings. The van der Waals surface area contributed by atoms with Gasteiger partial charge < -0.3 is 10.5 Å². The molecule has 2 nitrogen and oxygen atoms in total. The van der Waals surface area contributed by atoms with Crippen molar-refractivity contribution in [2.24, 2.45) is 0 Å². The molecule has 46 heavy (non-hydrogen) atoms. The number of hydrogen-bond acceptors (Lipinski definition) is 2. The summed E-state index contributed by atoms with van der Waals surface area (Å²) in [5.74, 6) is 0.986. The van der Waals surface area contributed by atoms with Crippen molar-refractivity contribution in [3.63, 3.8) is 0 Å². The van der Waals surface area contributed by atoms with Gasteiger partial charge >= 0.3 is 0 Å². The molecule has 0 heterocycles. The Morgan fingerprint density at radius 2 is 0.826 bits per heavy atom. The summed E-state index contributed by atoms with van der Waals surface area (Å²) < 4.78 is 6.07. The number of nitrogen functional groups attached to an aromatic ring is 1. The van der Waals surface area contributed by atoms with Crippen LogP contribution in [0.25, 0.3) is 11.1 Å². The minimum atomic E-state index is 0.822. The summed E-state index contributed by atoms with van der Waals surface area (Å²) in [7, 11) is 0. The Morgan fingerprint density at radius 1 is 0.435 bits per heavy atom. The number of ether oxygens (including phenoxy) is 1. The molecule has 0 saturated carbocycles. The molecule has 0 aliphatic rings. The van der Waals surface area contributed by atoms with Gasteiger partial charge in [-0.2, -0.15) is 0 Å². The molecule has 0 unspecified atom stereocenters. The van der Waals surface area contributed by atoms with Crippen LogP contribution < -0.4 is 10.5 Å². The van der Waals surface area contributed by atoms with Crippen LogP contribution >= 0.6 is 0 Å². The van der Waals surface area contributed by atoms with Gasteiger partial charge in [-0.25, -0.2) is 0 Å². The van der Waals surface area contributed by atoms with Crippen LogP contribution in [0.3, 0.4) is 0 Å². The summed E-state index contributed by atoms with van der Waals surface area (Å²) in [6.07, 6.45) is 40.1. The van der Waals surface area contributed by atoms with Crippen molar-refractivity contribution in [3.8, 4) is 16.9 Å². The van der Waals surface area contributed by atoms with Gasteiger partial charge in [-0.3, -0.25) is 0 Å². The van der Waals surface area contributed by atoms with Crippen molar-refractivity contribution in [1.29, 1.82) is 0 Å². The van der Waals surface area contributed by atoms with Crippen LogP contribution in [0, 0.1) is 0 Å². The molecule has 0 fully saturated rings. The molecule has 0 bridgehead atoms. The van der Waals surface area contributed by atoms with Crippen LogP contribution in [-0.4, -0.2) is 6.61 Å². The van der Waals surface area contributed by atoms with Crippen LogP contribution in [0.2, 0.25) is 0 Å². The fraction of sp³-hybridized carbons (Fsp3) is 0.727. The Morgan fingerprint density at radius 3 is 1.26 bits per heavy atom.